The zero-order valence-electron chi connectivity index (χ0n) is 33.3. The number of aromatic amines is 1. The number of H-pyrrole nitrogens is 1. The number of carboxylic acid groups (broad SMARTS) is 1. The number of benzene rings is 2. The van der Waals surface area contributed by atoms with Gasteiger partial charge in [-0.25, -0.2) is 9.78 Å². The number of hydrogen-bond donors (Lipinski definition) is 9. The van der Waals surface area contributed by atoms with Crippen LogP contribution in [0, 0.1) is 5.92 Å². The molecular formula is C41H57N9O8. The first-order chi connectivity index (χ1) is 27.8. The molecule has 1 aliphatic rings. The first-order valence-corrected chi connectivity index (χ1v) is 19.8. The van der Waals surface area contributed by atoms with Crippen molar-refractivity contribution in [3.05, 3.63) is 83.9 Å². The predicted octanol–water partition coefficient (Wildman–Crippen LogP) is 0.879. The molecule has 0 spiro atoms. The molecule has 17 heteroatoms. The predicted molar refractivity (Wildman–Crippen MR) is 215 cm³/mol. The van der Waals surface area contributed by atoms with E-state index in [1.165, 1.54) is 23.4 Å². The SMILES string of the molecule is CCCC[C@H](N)C(=O)N[C@@H](Cc1ccc(O)cc1)C(=O)N[C@H](C(=O)NCN[C@@H](Cc1cnc[nH]1)C(=O)N1CCC[C@H]1C(=O)N[C@@H](Cc1ccccc1)C(=O)O)C(C)C. The van der Waals surface area contributed by atoms with Crippen LogP contribution in [-0.2, 0) is 48.0 Å². The monoisotopic (exact) mass is 803 g/mol. The third-order valence-electron chi connectivity index (χ3n) is 10.1. The Labute approximate surface area is 338 Å². The summed E-state index contributed by atoms with van der Waals surface area (Å²) in [6, 6.07) is 9.18. The summed E-state index contributed by atoms with van der Waals surface area (Å²) in [5.74, 6) is -4.17. The van der Waals surface area contributed by atoms with Crippen LogP contribution < -0.4 is 32.3 Å². The highest BCUT2D eigenvalue weighted by atomic mass is 16.4. The first kappa shape index (κ1) is 44.9. The minimum absolute atomic E-state index is 0.0446. The smallest absolute Gasteiger partial charge is 0.326 e. The van der Waals surface area contributed by atoms with Gasteiger partial charge in [-0.05, 0) is 48.4 Å². The number of carboxylic acids is 1. The Morgan fingerprint density at radius 3 is 2.21 bits per heavy atom. The van der Waals surface area contributed by atoms with Gasteiger partial charge in [-0.2, -0.15) is 0 Å². The van der Waals surface area contributed by atoms with Gasteiger partial charge in [0.1, 0.15) is 29.9 Å². The molecule has 4 rings (SSSR count). The maximum Gasteiger partial charge on any atom is 0.326 e. The zero-order chi connectivity index (χ0) is 42.2. The summed E-state index contributed by atoms with van der Waals surface area (Å²) in [7, 11) is 0. The number of aliphatic carboxylic acids is 1. The van der Waals surface area contributed by atoms with Crippen LogP contribution in [0.4, 0.5) is 0 Å². The molecule has 17 nitrogen and oxygen atoms in total. The summed E-state index contributed by atoms with van der Waals surface area (Å²) in [6.07, 6.45) is 6.20. The number of phenolic OH excluding ortho intramolecular Hbond substituents is 1. The minimum atomic E-state index is -1.20. The van der Waals surface area contributed by atoms with Gasteiger partial charge < -0.3 is 47.1 Å². The Balaban J connectivity index is 1.42. The van der Waals surface area contributed by atoms with Crippen molar-refractivity contribution in [2.75, 3.05) is 13.2 Å². The van der Waals surface area contributed by atoms with Gasteiger partial charge in [0.25, 0.3) is 0 Å². The van der Waals surface area contributed by atoms with Crippen molar-refractivity contribution in [2.45, 2.75) is 108 Å². The number of nitrogens with two attached hydrogens (primary N) is 1. The van der Waals surface area contributed by atoms with E-state index in [1.54, 1.807) is 56.4 Å². The quantitative estimate of drug-likeness (QED) is 0.0644. The molecule has 6 atom stereocenters. The molecule has 314 valence electrons. The second kappa shape index (κ2) is 22.2. The molecule has 1 fully saturated rings. The Morgan fingerprint density at radius 1 is 0.879 bits per heavy atom. The van der Waals surface area contributed by atoms with Gasteiger partial charge in [0.2, 0.25) is 29.5 Å². The molecule has 2 heterocycles. The van der Waals surface area contributed by atoms with Gasteiger partial charge in [0.05, 0.1) is 25.1 Å². The molecule has 0 bridgehead atoms. The van der Waals surface area contributed by atoms with E-state index in [4.69, 9.17) is 5.73 Å². The molecule has 5 amide bonds. The van der Waals surface area contributed by atoms with E-state index in [9.17, 15) is 39.0 Å². The number of rotatable bonds is 22. The highest BCUT2D eigenvalue weighted by molar-refractivity contribution is 5.94. The lowest BCUT2D eigenvalue weighted by atomic mass is 10.0. The van der Waals surface area contributed by atoms with Crippen LogP contribution in [-0.4, -0.2) is 110 Å². The molecular weight excluding hydrogens is 747 g/mol. The summed E-state index contributed by atoms with van der Waals surface area (Å²) in [5.41, 5.74) is 8.12. The Bertz CT molecular complexity index is 1810. The lowest BCUT2D eigenvalue weighted by Gasteiger charge is -2.30. The van der Waals surface area contributed by atoms with Crippen LogP contribution in [0.1, 0.15) is 69.7 Å². The summed E-state index contributed by atoms with van der Waals surface area (Å²) in [6.45, 7) is 5.57. The standard InChI is InChI=1S/C41H57N9O8/c1-4-5-12-30(42)36(52)47-31(19-27-14-16-29(51)17-15-27)37(53)49-35(25(2)3)39(55)46-24-45-32(21-28-22-43-23-44-28)40(56)50-18-9-13-34(50)38(54)48-33(41(57)58)20-26-10-7-6-8-11-26/h6-8,10-11,14-17,22-23,25,30-35,45,51H,4-5,9,12-13,18-21,24,42H2,1-3H3,(H,43,44)(H,46,55)(H,47,52)(H,48,54)(H,49,53)(H,57,58)/t30-,31-,32-,33-,34-,35-/m0/s1. The second-order valence-corrected chi connectivity index (χ2v) is 14.9. The molecule has 3 aromatic rings. The van der Waals surface area contributed by atoms with Gasteiger partial charge in [-0.1, -0.05) is 76.1 Å². The van der Waals surface area contributed by atoms with Crippen molar-refractivity contribution in [3.8, 4) is 5.75 Å². The number of aromatic hydroxyl groups is 1. The summed E-state index contributed by atoms with van der Waals surface area (Å²) >= 11 is 0. The van der Waals surface area contributed by atoms with Crippen LogP contribution in [0.3, 0.4) is 0 Å². The fourth-order valence-corrected chi connectivity index (χ4v) is 6.76. The zero-order valence-corrected chi connectivity index (χ0v) is 33.3. The number of phenols is 1. The van der Waals surface area contributed by atoms with E-state index < -0.39 is 71.8 Å². The second-order valence-electron chi connectivity index (χ2n) is 14.9. The van der Waals surface area contributed by atoms with Crippen molar-refractivity contribution in [1.29, 1.82) is 0 Å². The highest BCUT2D eigenvalue weighted by Gasteiger charge is 2.39. The fourth-order valence-electron chi connectivity index (χ4n) is 6.76. The van der Waals surface area contributed by atoms with Crippen LogP contribution in [0.2, 0.25) is 0 Å². The Kier molecular flexibility index (Phi) is 17.2. The summed E-state index contributed by atoms with van der Waals surface area (Å²) < 4.78 is 0. The Hall–Kier alpha value is -5.81. The van der Waals surface area contributed by atoms with Crippen LogP contribution >= 0.6 is 0 Å². The first-order valence-electron chi connectivity index (χ1n) is 19.8. The third-order valence-corrected chi connectivity index (χ3v) is 10.1. The number of carbonyl (C=O) groups excluding carboxylic acids is 5. The summed E-state index contributed by atoms with van der Waals surface area (Å²) in [4.78, 5) is 88.5. The van der Waals surface area contributed by atoms with Crippen molar-refractivity contribution in [1.82, 2.24) is 41.5 Å². The van der Waals surface area contributed by atoms with Crippen molar-refractivity contribution >= 4 is 35.5 Å². The molecule has 0 aliphatic carbocycles. The molecule has 0 saturated carbocycles. The maximum absolute atomic E-state index is 14.1. The van der Waals surface area contributed by atoms with E-state index in [0.29, 0.717) is 30.5 Å². The van der Waals surface area contributed by atoms with Crippen LogP contribution in [0.25, 0.3) is 0 Å². The van der Waals surface area contributed by atoms with E-state index >= 15 is 0 Å². The number of amides is 5. The van der Waals surface area contributed by atoms with E-state index in [0.717, 1.165) is 18.4 Å². The number of hydrogen-bond acceptors (Lipinski definition) is 10. The molecule has 0 unspecified atom stereocenters. The van der Waals surface area contributed by atoms with Crippen LogP contribution in [0.5, 0.6) is 5.75 Å². The number of aromatic nitrogens is 2. The molecule has 1 aromatic heterocycles. The van der Waals surface area contributed by atoms with Gasteiger partial charge in [0, 0.05) is 37.7 Å². The van der Waals surface area contributed by atoms with Crippen molar-refractivity contribution < 1.29 is 39.0 Å². The maximum atomic E-state index is 14.1. The number of nitrogens with zero attached hydrogens (tertiary/aromatic N) is 2. The molecule has 1 saturated heterocycles. The lowest BCUT2D eigenvalue weighted by Crippen LogP contribution is -2.59. The van der Waals surface area contributed by atoms with Gasteiger partial charge in [-0.15, -0.1) is 0 Å². The molecule has 58 heavy (non-hydrogen) atoms. The molecule has 0 radical (unpaired) electrons. The fraction of sp³-hybridized carbons (Fsp3) is 0.488. The van der Waals surface area contributed by atoms with E-state index in [-0.39, 0.29) is 44.1 Å². The number of nitrogens with one attached hydrogen (secondary N) is 6. The largest absolute Gasteiger partial charge is 0.508 e. The molecule has 10 N–H and O–H groups in total. The van der Waals surface area contributed by atoms with Crippen molar-refractivity contribution in [2.24, 2.45) is 11.7 Å². The molecule has 2 aromatic carbocycles. The van der Waals surface area contributed by atoms with Gasteiger partial charge in [-0.3, -0.25) is 29.3 Å². The van der Waals surface area contributed by atoms with Crippen molar-refractivity contribution in [3.63, 3.8) is 0 Å². The average Bonchev–Trinajstić information content (AvgIpc) is 3.92. The van der Waals surface area contributed by atoms with Gasteiger partial charge >= 0.3 is 5.97 Å². The minimum Gasteiger partial charge on any atom is -0.508 e. The number of likely N-dealkylation sites (tertiary alicyclic amines) is 1. The average molecular weight is 804 g/mol. The van der Waals surface area contributed by atoms with E-state index in [1.807, 2.05) is 13.0 Å². The highest BCUT2D eigenvalue weighted by Crippen LogP contribution is 2.20. The van der Waals surface area contributed by atoms with E-state index in [2.05, 4.69) is 36.6 Å². The number of unbranched alkanes of at least 4 members (excludes halogenated alkanes) is 1. The van der Waals surface area contributed by atoms with Gasteiger partial charge in [0.15, 0.2) is 0 Å². The number of imidazole rings is 1. The van der Waals surface area contributed by atoms with Crippen LogP contribution in [0.15, 0.2) is 67.1 Å². The molecule has 1 aliphatic heterocycles. The third kappa shape index (κ3) is 13.4. The Morgan fingerprint density at radius 2 is 1.57 bits per heavy atom. The number of carbonyl (C=O) groups is 6. The summed E-state index contributed by atoms with van der Waals surface area (Å²) in [5, 5.41) is 33.6. The normalized spacial score (nSPS) is 16.4. The topological polar surface area (TPSA) is 261 Å². The lowest BCUT2D eigenvalue weighted by molar-refractivity contribution is -0.144.